The van der Waals surface area contributed by atoms with Crippen LogP contribution in [0.2, 0.25) is 36.3 Å². The largest absolute Gasteiger partial charge is 0.411 e. The van der Waals surface area contributed by atoms with Crippen molar-refractivity contribution in [3.05, 3.63) is 0 Å². The molecule has 4 atom stereocenters. The van der Waals surface area contributed by atoms with E-state index in [2.05, 4.69) is 41.5 Å². The van der Waals surface area contributed by atoms with Crippen LogP contribution < -0.4 is 0 Å². The molecule has 2 aliphatic rings. The van der Waals surface area contributed by atoms with Gasteiger partial charge in [0.05, 0.1) is 12.2 Å². The molecule has 5 heteroatoms. The molecule has 2 rings (SSSR count). The molecule has 0 aromatic rings. The van der Waals surface area contributed by atoms with E-state index in [9.17, 15) is 4.79 Å². The Hall–Kier alpha value is 0.0238. The number of carbonyl (C=O) groups excluding carboxylic acids is 1. The van der Waals surface area contributed by atoms with Gasteiger partial charge in [0, 0.05) is 12.8 Å². The van der Waals surface area contributed by atoms with Crippen molar-refractivity contribution < 1.29 is 13.6 Å². The van der Waals surface area contributed by atoms with Crippen molar-refractivity contribution in [2.24, 2.45) is 11.8 Å². The first-order chi connectivity index (χ1) is 12.9. The molecule has 0 unspecified atom stereocenters. The Labute approximate surface area is 170 Å². The fraction of sp³-hybridized carbons (Fsp3) is 0.955. The molecule has 2 fully saturated rings. The maximum Gasteiger partial charge on any atom is 0.192 e. The monoisotopic (exact) mass is 412 g/mol. The molecule has 0 saturated heterocycles. The fourth-order valence-corrected chi connectivity index (χ4v) is 11.4. The van der Waals surface area contributed by atoms with E-state index in [0.29, 0.717) is 17.6 Å². The topological polar surface area (TPSA) is 35.5 Å². The van der Waals surface area contributed by atoms with Crippen molar-refractivity contribution in [2.75, 3.05) is 0 Å². The maximum absolute atomic E-state index is 12.3. The number of carbonyl (C=O) groups is 1. The molecule has 0 N–H and O–H groups in total. The Morgan fingerprint density at radius 3 is 1.89 bits per heavy atom. The molecule has 0 aromatic heterocycles. The summed E-state index contributed by atoms with van der Waals surface area (Å²) in [6.45, 7) is 13.9. The molecular formula is C22H44O3Si2. The molecule has 0 heterocycles. The zero-order chi connectivity index (χ0) is 20.1. The third-order valence-corrected chi connectivity index (χ3v) is 17.4. The normalized spacial score (nSPS) is 29.6. The average molecular weight is 413 g/mol. The third-order valence-electron chi connectivity index (χ3n) is 8.07. The van der Waals surface area contributed by atoms with E-state index in [4.69, 9.17) is 8.85 Å². The molecule has 27 heavy (non-hydrogen) atoms. The van der Waals surface area contributed by atoms with Gasteiger partial charge >= 0.3 is 0 Å². The second kappa shape index (κ2) is 10.2. The summed E-state index contributed by atoms with van der Waals surface area (Å²) < 4.78 is 14.2. The first-order valence-corrected chi connectivity index (χ1v) is 16.8. The molecule has 158 valence electrons. The first kappa shape index (κ1) is 23.3. The van der Waals surface area contributed by atoms with Gasteiger partial charge in [0.2, 0.25) is 0 Å². The van der Waals surface area contributed by atoms with Gasteiger partial charge in [0.25, 0.3) is 0 Å². The van der Waals surface area contributed by atoms with Crippen LogP contribution in [0.15, 0.2) is 0 Å². The van der Waals surface area contributed by atoms with Crippen molar-refractivity contribution in [3.63, 3.8) is 0 Å². The Bertz CT molecular complexity index is 458. The summed E-state index contributed by atoms with van der Waals surface area (Å²) in [5.74, 6) is 1.50. The highest BCUT2D eigenvalue weighted by Crippen LogP contribution is 2.46. The molecule has 0 spiro atoms. The predicted molar refractivity (Wildman–Crippen MR) is 119 cm³/mol. The van der Waals surface area contributed by atoms with Crippen LogP contribution in [0.25, 0.3) is 0 Å². The predicted octanol–water partition coefficient (Wildman–Crippen LogP) is 6.55. The SMILES string of the molecule is CC[Si](CC)(CC)O[C@H]1[C@H]2CCCC(=O)C[C@H]2C[C@H]1O[Si](CC)(CC)CC. The van der Waals surface area contributed by atoms with Gasteiger partial charge in [-0.05, 0) is 67.4 Å². The number of Topliss-reactive ketones (excluding diaryl/α,β-unsaturated/α-hetero) is 1. The van der Waals surface area contributed by atoms with Crippen molar-refractivity contribution in [3.8, 4) is 0 Å². The highest BCUT2D eigenvalue weighted by molar-refractivity contribution is 6.74. The zero-order valence-corrected chi connectivity index (χ0v) is 20.8. The van der Waals surface area contributed by atoms with Crippen molar-refractivity contribution in [1.82, 2.24) is 0 Å². The maximum atomic E-state index is 12.3. The van der Waals surface area contributed by atoms with Crippen LogP contribution in [0, 0.1) is 11.8 Å². The minimum Gasteiger partial charge on any atom is -0.411 e. The van der Waals surface area contributed by atoms with E-state index in [0.717, 1.165) is 32.1 Å². The lowest BCUT2D eigenvalue weighted by atomic mass is 9.90. The van der Waals surface area contributed by atoms with Crippen molar-refractivity contribution in [2.45, 2.75) is 122 Å². The van der Waals surface area contributed by atoms with E-state index in [1.807, 2.05) is 0 Å². The van der Waals surface area contributed by atoms with Gasteiger partial charge in [-0.15, -0.1) is 0 Å². The molecule has 0 amide bonds. The van der Waals surface area contributed by atoms with Gasteiger partial charge in [0.1, 0.15) is 5.78 Å². The van der Waals surface area contributed by atoms with E-state index in [-0.39, 0.29) is 12.2 Å². The first-order valence-electron chi connectivity index (χ1n) is 11.8. The number of ketones is 1. The lowest BCUT2D eigenvalue weighted by Crippen LogP contribution is -2.49. The van der Waals surface area contributed by atoms with E-state index >= 15 is 0 Å². The summed E-state index contributed by atoms with van der Waals surface area (Å²) in [6, 6.07) is 7.15. The molecule has 0 aliphatic heterocycles. The smallest absolute Gasteiger partial charge is 0.192 e. The van der Waals surface area contributed by atoms with Crippen LogP contribution in [0.4, 0.5) is 0 Å². The summed E-state index contributed by atoms with van der Waals surface area (Å²) >= 11 is 0. The molecular weight excluding hydrogens is 368 g/mol. The minimum atomic E-state index is -1.69. The average Bonchev–Trinajstić information content (AvgIpc) is 2.87. The zero-order valence-electron chi connectivity index (χ0n) is 18.8. The van der Waals surface area contributed by atoms with Gasteiger partial charge in [-0.25, -0.2) is 0 Å². The number of hydrogen-bond acceptors (Lipinski definition) is 3. The highest BCUT2D eigenvalue weighted by Gasteiger charge is 2.50. The van der Waals surface area contributed by atoms with Gasteiger partial charge < -0.3 is 8.85 Å². The quantitative estimate of drug-likeness (QED) is 0.382. The molecule has 0 radical (unpaired) electrons. The van der Waals surface area contributed by atoms with Crippen LogP contribution in [-0.4, -0.2) is 34.6 Å². The van der Waals surface area contributed by atoms with E-state index in [1.54, 1.807) is 0 Å². The van der Waals surface area contributed by atoms with Crippen molar-refractivity contribution >= 4 is 22.4 Å². The van der Waals surface area contributed by atoms with Crippen LogP contribution in [0.1, 0.15) is 73.6 Å². The van der Waals surface area contributed by atoms with Gasteiger partial charge in [-0.3, -0.25) is 4.79 Å². The molecule has 0 aromatic carbocycles. The van der Waals surface area contributed by atoms with Crippen LogP contribution in [0.3, 0.4) is 0 Å². The number of fused-ring (bicyclic) bond motifs is 1. The second-order valence-corrected chi connectivity index (χ2v) is 18.5. The molecule has 3 nitrogen and oxygen atoms in total. The summed E-state index contributed by atoms with van der Waals surface area (Å²) in [7, 11) is -3.36. The summed E-state index contributed by atoms with van der Waals surface area (Å²) in [6.07, 6.45) is 5.27. The van der Waals surface area contributed by atoms with Crippen LogP contribution in [0.5, 0.6) is 0 Å². The molecule has 0 bridgehead atoms. The summed E-state index contributed by atoms with van der Waals surface area (Å²) in [5, 5.41) is 0. The Morgan fingerprint density at radius 1 is 0.852 bits per heavy atom. The highest BCUT2D eigenvalue weighted by atomic mass is 28.4. The number of rotatable bonds is 10. The minimum absolute atomic E-state index is 0.231. The second-order valence-electron chi connectivity index (χ2n) is 9.02. The van der Waals surface area contributed by atoms with Crippen molar-refractivity contribution in [1.29, 1.82) is 0 Å². The van der Waals surface area contributed by atoms with Gasteiger partial charge in [-0.1, -0.05) is 41.5 Å². The fourth-order valence-electron chi connectivity index (χ4n) is 5.60. The van der Waals surface area contributed by atoms with E-state index in [1.165, 1.54) is 36.3 Å². The lowest BCUT2D eigenvalue weighted by Gasteiger charge is -2.40. The van der Waals surface area contributed by atoms with Gasteiger partial charge in [-0.2, -0.15) is 0 Å². The molecule has 2 saturated carbocycles. The Morgan fingerprint density at radius 2 is 1.37 bits per heavy atom. The standard InChI is InChI=1S/C22H44O3Si2/c1-7-26(8-2,9-3)24-21-17-18-16-19(23)14-13-15-20(18)22(21)25-27(10-4,11-5)12-6/h18,20-22H,7-17H2,1-6H3/t18-,20-,21+,22-/m0/s1. The summed E-state index contributed by atoms with van der Waals surface area (Å²) in [5.41, 5.74) is 0. The number of hydrogen-bond donors (Lipinski definition) is 0. The molecule has 2 aliphatic carbocycles. The lowest BCUT2D eigenvalue weighted by molar-refractivity contribution is -0.119. The summed E-state index contributed by atoms with van der Waals surface area (Å²) in [4.78, 5) is 12.3. The van der Waals surface area contributed by atoms with Gasteiger partial charge in [0.15, 0.2) is 16.6 Å². The Balaban J connectivity index is 2.30. The van der Waals surface area contributed by atoms with Crippen LogP contribution in [-0.2, 0) is 13.6 Å². The van der Waals surface area contributed by atoms with Crippen LogP contribution >= 0.6 is 0 Å². The van der Waals surface area contributed by atoms with E-state index < -0.39 is 16.6 Å². The Kier molecular flexibility index (Phi) is 8.78. The third kappa shape index (κ3) is 5.15.